The van der Waals surface area contributed by atoms with Gasteiger partial charge in [0.25, 0.3) is 0 Å². The van der Waals surface area contributed by atoms with E-state index >= 15 is 0 Å². The summed E-state index contributed by atoms with van der Waals surface area (Å²) in [6, 6.07) is 9.56. The van der Waals surface area contributed by atoms with Gasteiger partial charge in [-0.15, -0.1) is 0 Å². The van der Waals surface area contributed by atoms with Gasteiger partial charge in [-0.1, -0.05) is 30.3 Å². The molecule has 4 heteroatoms. The number of carbonyl (C=O) groups is 1. The van der Waals surface area contributed by atoms with E-state index in [1.54, 1.807) is 0 Å². The molecule has 0 spiro atoms. The minimum absolute atomic E-state index is 0.0430. The number of likely N-dealkylation sites (tertiary alicyclic amines) is 1. The summed E-state index contributed by atoms with van der Waals surface area (Å²) < 4.78 is 5.50. The van der Waals surface area contributed by atoms with Crippen LogP contribution >= 0.6 is 0 Å². The van der Waals surface area contributed by atoms with Gasteiger partial charge in [-0.25, -0.2) is 0 Å². The van der Waals surface area contributed by atoms with E-state index in [-0.39, 0.29) is 12.1 Å². The Hall–Kier alpha value is -1.39. The standard InChI is InChI=1S/C16H24N2O2/c1-18-11-9-14(10-12-18)20-16(19)15(17)8-7-13-5-3-2-4-6-13/h2-6,14-15H,7-12,17H2,1H3/t15-/m0/s1. The number of rotatable bonds is 5. The second-order valence-corrected chi connectivity index (χ2v) is 5.57. The average Bonchev–Trinajstić information content (AvgIpc) is 2.48. The van der Waals surface area contributed by atoms with Crippen molar-refractivity contribution in [2.24, 2.45) is 5.73 Å². The predicted octanol–water partition coefficient (Wildman–Crippen LogP) is 1.58. The molecule has 2 rings (SSSR count). The molecule has 2 N–H and O–H groups in total. The van der Waals surface area contributed by atoms with Crippen LogP contribution in [0.2, 0.25) is 0 Å². The van der Waals surface area contributed by atoms with E-state index in [0.29, 0.717) is 6.42 Å². The number of hydrogen-bond acceptors (Lipinski definition) is 4. The SMILES string of the molecule is CN1CCC(OC(=O)[C@@H](N)CCc2ccccc2)CC1. The van der Waals surface area contributed by atoms with Gasteiger partial charge in [-0.3, -0.25) is 4.79 Å². The van der Waals surface area contributed by atoms with Crippen molar-refractivity contribution in [1.82, 2.24) is 4.90 Å². The number of esters is 1. The van der Waals surface area contributed by atoms with E-state index in [1.165, 1.54) is 5.56 Å². The molecule has 1 atom stereocenters. The van der Waals surface area contributed by atoms with Crippen LogP contribution < -0.4 is 5.73 Å². The van der Waals surface area contributed by atoms with Crippen LogP contribution in [-0.2, 0) is 16.0 Å². The quantitative estimate of drug-likeness (QED) is 0.830. The van der Waals surface area contributed by atoms with Crippen LogP contribution in [-0.4, -0.2) is 43.2 Å². The molecule has 110 valence electrons. The highest BCUT2D eigenvalue weighted by Gasteiger charge is 2.23. The Labute approximate surface area is 120 Å². The first-order valence-corrected chi connectivity index (χ1v) is 7.33. The van der Waals surface area contributed by atoms with Crippen LogP contribution in [0.4, 0.5) is 0 Å². The smallest absolute Gasteiger partial charge is 0.323 e. The molecule has 20 heavy (non-hydrogen) atoms. The number of benzene rings is 1. The molecule has 1 aromatic rings. The molecule has 1 aromatic carbocycles. The molecule has 0 aromatic heterocycles. The number of piperidine rings is 1. The Morgan fingerprint density at radius 2 is 2.00 bits per heavy atom. The molecule has 1 aliphatic rings. The Morgan fingerprint density at radius 1 is 1.35 bits per heavy atom. The van der Waals surface area contributed by atoms with Crippen molar-refractivity contribution >= 4 is 5.97 Å². The van der Waals surface area contributed by atoms with Crippen molar-refractivity contribution < 1.29 is 9.53 Å². The zero-order valence-electron chi connectivity index (χ0n) is 12.1. The fraction of sp³-hybridized carbons (Fsp3) is 0.562. The highest BCUT2D eigenvalue weighted by Crippen LogP contribution is 2.13. The van der Waals surface area contributed by atoms with E-state index in [0.717, 1.165) is 32.4 Å². The van der Waals surface area contributed by atoms with E-state index < -0.39 is 6.04 Å². The van der Waals surface area contributed by atoms with Crippen LogP contribution in [0.1, 0.15) is 24.8 Å². The first-order valence-electron chi connectivity index (χ1n) is 7.33. The van der Waals surface area contributed by atoms with Gasteiger partial charge in [0.15, 0.2) is 0 Å². The largest absolute Gasteiger partial charge is 0.461 e. The minimum atomic E-state index is -0.519. The molecule has 1 saturated heterocycles. The Balaban J connectivity index is 1.72. The van der Waals surface area contributed by atoms with E-state index in [2.05, 4.69) is 24.1 Å². The lowest BCUT2D eigenvalue weighted by atomic mass is 10.1. The molecule has 0 radical (unpaired) electrons. The van der Waals surface area contributed by atoms with E-state index in [1.807, 2.05) is 18.2 Å². The molecule has 0 unspecified atom stereocenters. The number of hydrogen-bond donors (Lipinski definition) is 1. The molecule has 4 nitrogen and oxygen atoms in total. The summed E-state index contributed by atoms with van der Waals surface area (Å²) in [5.41, 5.74) is 7.13. The average molecular weight is 276 g/mol. The van der Waals surface area contributed by atoms with Crippen molar-refractivity contribution in [2.75, 3.05) is 20.1 Å². The summed E-state index contributed by atoms with van der Waals surface area (Å²) in [4.78, 5) is 14.2. The molecule has 1 heterocycles. The molecule has 1 fully saturated rings. The molecular weight excluding hydrogens is 252 g/mol. The van der Waals surface area contributed by atoms with E-state index in [4.69, 9.17) is 10.5 Å². The summed E-state index contributed by atoms with van der Waals surface area (Å²) in [6.07, 6.45) is 3.31. The molecule has 1 aliphatic heterocycles. The zero-order valence-corrected chi connectivity index (χ0v) is 12.1. The third-order valence-corrected chi connectivity index (χ3v) is 3.84. The fourth-order valence-corrected chi connectivity index (χ4v) is 2.44. The third-order valence-electron chi connectivity index (χ3n) is 3.84. The van der Waals surface area contributed by atoms with Crippen molar-refractivity contribution in [3.63, 3.8) is 0 Å². The summed E-state index contributed by atoms with van der Waals surface area (Å²) >= 11 is 0. The van der Waals surface area contributed by atoms with Gasteiger partial charge in [0.1, 0.15) is 12.1 Å². The van der Waals surface area contributed by atoms with Gasteiger partial charge in [-0.05, 0) is 38.3 Å². The zero-order chi connectivity index (χ0) is 14.4. The summed E-state index contributed by atoms with van der Waals surface area (Å²) in [5, 5.41) is 0. The molecule has 0 bridgehead atoms. The second-order valence-electron chi connectivity index (χ2n) is 5.57. The number of carbonyl (C=O) groups excluding carboxylic acids is 1. The summed E-state index contributed by atoms with van der Waals surface area (Å²) in [6.45, 7) is 1.97. The topological polar surface area (TPSA) is 55.6 Å². The highest BCUT2D eigenvalue weighted by atomic mass is 16.5. The first-order chi connectivity index (χ1) is 9.65. The van der Waals surface area contributed by atoms with Crippen LogP contribution in [0.5, 0.6) is 0 Å². The van der Waals surface area contributed by atoms with Gasteiger partial charge < -0.3 is 15.4 Å². The number of ether oxygens (including phenoxy) is 1. The van der Waals surface area contributed by atoms with E-state index in [9.17, 15) is 4.79 Å². The van der Waals surface area contributed by atoms with Crippen molar-refractivity contribution in [2.45, 2.75) is 37.8 Å². The van der Waals surface area contributed by atoms with Crippen molar-refractivity contribution in [3.05, 3.63) is 35.9 Å². The Kier molecular flexibility index (Phi) is 5.56. The number of aryl methyl sites for hydroxylation is 1. The monoisotopic (exact) mass is 276 g/mol. The van der Waals surface area contributed by atoms with Gasteiger partial charge in [0, 0.05) is 13.1 Å². The normalized spacial score (nSPS) is 18.7. The van der Waals surface area contributed by atoms with Gasteiger partial charge in [0.2, 0.25) is 0 Å². The number of nitrogens with zero attached hydrogens (tertiary/aromatic N) is 1. The van der Waals surface area contributed by atoms with Gasteiger partial charge >= 0.3 is 5.97 Å². The van der Waals surface area contributed by atoms with Crippen LogP contribution in [0.25, 0.3) is 0 Å². The number of nitrogens with two attached hydrogens (primary N) is 1. The second kappa shape index (κ2) is 7.41. The van der Waals surface area contributed by atoms with Crippen LogP contribution in [0.15, 0.2) is 30.3 Å². The van der Waals surface area contributed by atoms with Gasteiger partial charge in [0.05, 0.1) is 0 Å². The maximum absolute atomic E-state index is 12.0. The maximum atomic E-state index is 12.0. The van der Waals surface area contributed by atoms with Crippen molar-refractivity contribution in [1.29, 1.82) is 0 Å². The minimum Gasteiger partial charge on any atom is -0.461 e. The first kappa shape index (κ1) is 15.0. The molecule has 0 saturated carbocycles. The van der Waals surface area contributed by atoms with Crippen molar-refractivity contribution in [3.8, 4) is 0 Å². The molecule has 0 aliphatic carbocycles. The third kappa shape index (κ3) is 4.62. The van der Waals surface area contributed by atoms with Gasteiger partial charge in [-0.2, -0.15) is 0 Å². The fourth-order valence-electron chi connectivity index (χ4n) is 2.44. The lowest BCUT2D eigenvalue weighted by Crippen LogP contribution is -2.40. The summed E-state index contributed by atoms with van der Waals surface area (Å²) in [5.74, 6) is -0.254. The lowest BCUT2D eigenvalue weighted by molar-refractivity contribution is -0.152. The highest BCUT2D eigenvalue weighted by molar-refractivity contribution is 5.75. The maximum Gasteiger partial charge on any atom is 0.323 e. The predicted molar refractivity (Wildman–Crippen MR) is 79.3 cm³/mol. The molecular formula is C16H24N2O2. The lowest BCUT2D eigenvalue weighted by Gasteiger charge is -2.29. The van der Waals surface area contributed by atoms with Crippen LogP contribution in [0.3, 0.4) is 0 Å². The molecule has 0 amide bonds. The Morgan fingerprint density at radius 3 is 2.65 bits per heavy atom. The van der Waals surface area contributed by atoms with Crippen LogP contribution in [0, 0.1) is 0 Å². The summed E-state index contributed by atoms with van der Waals surface area (Å²) in [7, 11) is 2.09. The Bertz CT molecular complexity index is 414.